The highest BCUT2D eigenvalue weighted by molar-refractivity contribution is 4.54. The normalized spacial score (nSPS) is 11.5. The van der Waals surface area contributed by atoms with E-state index in [1.54, 1.807) is 0 Å². The summed E-state index contributed by atoms with van der Waals surface area (Å²) in [4.78, 5) is 2.54. The molecule has 0 aromatic rings. The van der Waals surface area contributed by atoms with E-state index in [0.717, 1.165) is 0 Å². The van der Waals surface area contributed by atoms with Gasteiger partial charge in [0.15, 0.2) is 0 Å². The lowest BCUT2D eigenvalue weighted by Crippen LogP contribution is -2.23. The molecule has 2 heteroatoms. The second-order valence-corrected chi connectivity index (χ2v) is 7.37. The standard InChI is InChI=1S/C22H48N2/c1-4-7-8-9-10-11-14-17-20-23-21-18-15-12-13-16-19-22-24(5-2)6-3/h23H,4-22H2,1-3H3. The first-order valence-corrected chi connectivity index (χ1v) is 11.3. The molecule has 0 fully saturated rings. The van der Waals surface area contributed by atoms with Crippen LogP contribution in [-0.2, 0) is 0 Å². The summed E-state index contributed by atoms with van der Waals surface area (Å²) in [6.45, 7) is 13.0. The summed E-state index contributed by atoms with van der Waals surface area (Å²) in [7, 11) is 0. The van der Waals surface area contributed by atoms with Crippen molar-refractivity contribution >= 4 is 0 Å². The van der Waals surface area contributed by atoms with Crippen LogP contribution in [0.2, 0.25) is 0 Å². The zero-order valence-corrected chi connectivity index (χ0v) is 17.4. The number of unbranched alkanes of at least 4 members (excludes halogenated alkanes) is 12. The molecule has 2 nitrogen and oxygen atoms in total. The van der Waals surface area contributed by atoms with Gasteiger partial charge in [-0.15, -0.1) is 0 Å². The first kappa shape index (κ1) is 23.9. The van der Waals surface area contributed by atoms with Gasteiger partial charge in [0, 0.05) is 0 Å². The van der Waals surface area contributed by atoms with Gasteiger partial charge < -0.3 is 10.2 Å². The Morgan fingerprint density at radius 3 is 1.38 bits per heavy atom. The molecule has 0 saturated carbocycles. The van der Waals surface area contributed by atoms with Gasteiger partial charge in [0.05, 0.1) is 0 Å². The molecule has 0 bridgehead atoms. The highest BCUT2D eigenvalue weighted by Gasteiger charge is 1.98. The van der Waals surface area contributed by atoms with Crippen LogP contribution >= 0.6 is 0 Å². The first-order chi connectivity index (χ1) is 11.8. The Hall–Kier alpha value is -0.0800. The topological polar surface area (TPSA) is 15.3 Å². The summed E-state index contributed by atoms with van der Waals surface area (Å²) in [5.41, 5.74) is 0. The molecule has 1 N–H and O–H groups in total. The average Bonchev–Trinajstić information content (AvgIpc) is 2.61. The lowest BCUT2D eigenvalue weighted by Gasteiger charge is -2.17. The summed E-state index contributed by atoms with van der Waals surface area (Å²) in [5, 5.41) is 3.62. The van der Waals surface area contributed by atoms with Crippen molar-refractivity contribution in [1.82, 2.24) is 10.2 Å². The van der Waals surface area contributed by atoms with Gasteiger partial charge in [-0.25, -0.2) is 0 Å². The van der Waals surface area contributed by atoms with Gasteiger partial charge in [0.25, 0.3) is 0 Å². The van der Waals surface area contributed by atoms with Crippen molar-refractivity contribution in [3.05, 3.63) is 0 Å². The van der Waals surface area contributed by atoms with E-state index in [4.69, 9.17) is 0 Å². The van der Waals surface area contributed by atoms with E-state index >= 15 is 0 Å². The molecule has 0 aromatic heterocycles. The van der Waals surface area contributed by atoms with Crippen LogP contribution in [0.3, 0.4) is 0 Å². The van der Waals surface area contributed by atoms with Crippen molar-refractivity contribution in [1.29, 1.82) is 0 Å². The molecule has 0 aliphatic heterocycles. The molecule has 0 aliphatic carbocycles. The molecule has 146 valence electrons. The fourth-order valence-electron chi connectivity index (χ4n) is 3.34. The maximum atomic E-state index is 3.62. The van der Waals surface area contributed by atoms with E-state index in [1.807, 2.05) is 0 Å². The fourth-order valence-corrected chi connectivity index (χ4v) is 3.34. The monoisotopic (exact) mass is 340 g/mol. The largest absolute Gasteiger partial charge is 0.317 e. The zero-order chi connectivity index (χ0) is 17.7. The van der Waals surface area contributed by atoms with Gasteiger partial charge in [0.2, 0.25) is 0 Å². The Balaban J connectivity index is 3.03. The molecule has 0 saturated heterocycles. The average molecular weight is 341 g/mol. The summed E-state index contributed by atoms with van der Waals surface area (Å²) in [5.74, 6) is 0. The molecular formula is C22H48N2. The van der Waals surface area contributed by atoms with Crippen molar-refractivity contribution < 1.29 is 0 Å². The summed E-state index contributed by atoms with van der Waals surface area (Å²) in [6.07, 6.45) is 19.8. The first-order valence-electron chi connectivity index (χ1n) is 11.3. The van der Waals surface area contributed by atoms with Crippen molar-refractivity contribution in [2.45, 2.75) is 111 Å². The van der Waals surface area contributed by atoms with E-state index in [-0.39, 0.29) is 0 Å². The summed E-state index contributed by atoms with van der Waals surface area (Å²) < 4.78 is 0. The van der Waals surface area contributed by atoms with Crippen LogP contribution in [0, 0.1) is 0 Å². The van der Waals surface area contributed by atoms with Crippen LogP contribution in [0.4, 0.5) is 0 Å². The molecular weight excluding hydrogens is 292 g/mol. The summed E-state index contributed by atoms with van der Waals surface area (Å²) in [6, 6.07) is 0. The third-order valence-corrected chi connectivity index (χ3v) is 5.18. The molecule has 0 amide bonds. The maximum absolute atomic E-state index is 3.62. The van der Waals surface area contributed by atoms with Crippen molar-refractivity contribution in [2.24, 2.45) is 0 Å². The van der Waals surface area contributed by atoms with E-state index in [0.29, 0.717) is 0 Å². The van der Waals surface area contributed by atoms with E-state index in [2.05, 4.69) is 31.0 Å². The van der Waals surface area contributed by atoms with Crippen LogP contribution in [0.1, 0.15) is 111 Å². The minimum absolute atomic E-state index is 1.21. The van der Waals surface area contributed by atoms with Crippen LogP contribution < -0.4 is 5.32 Å². The van der Waals surface area contributed by atoms with Crippen LogP contribution in [0.15, 0.2) is 0 Å². The molecule has 0 atom stereocenters. The third-order valence-electron chi connectivity index (χ3n) is 5.18. The highest BCUT2D eigenvalue weighted by Crippen LogP contribution is 2.08. The zero-order valence-electron chi connectivity index (χ0n) is 17.4. The predicted molar refractivity (Wildman–Crippen MR) is 111 cm³/mol. The minimum atomic E-state index is 1.21. The van der Waals surface area contributed by atoms with Crippen LogP contribution in [0.5, 0.6) is 0 Å². The second-order valence-electron chi connectivity index (χ2n) is 7.37. The number of nitrogens with zero attached hydrogens (tertiary/aromatic N) is 1. The van der Waals surface area contributed by atoms with E-state index in [1.165, 1.54) is 123 Å². The lowest BCUT2D eigenvalue weighted by molar-refractivity contribution is 0.295. The number of hydrogen-bond acceptors (Lipinski definition) is 2. The number of hydrogen-bond donors (Lipinski definition) is 1. The fraction of sp³-hybridized carbons (Fsp3) is 1.00. The number of rotatable bonds is 20. The van der Waals surface area contributed by atoms with E-state index in [9.17, 15) is 0 Å². The predicted octanol–water partition coefficient (Wildman–Crippen LogP) is 6.40. The third kappa shape index (κ3) is 18.3. The molecule has 0 aliphatic rings. The van der Waals surface area contributed by atoms with Crippen molar-refractivity contribution in [3.8, 4) is 0 Å². The minimum Gasteiger partial charge on any atom is -0.317 e. The Kier molecular flexibility index (Phi) is 20.9. The Morgan fingerprint density at radius 1 is 0.500 bits per heavy atom. The van der Waals surface area contributed by atoms with Gasteiger partial charge in [-0.05, 0) is 52.0 Å². The molecule has 24 heavy (non-hydrogen) atoms. The van der Waals surface area contributed by atoms with Gasteiger partial charge in [-0.1, -0.05) is 91.4 Å². The molecule has 0 radical (unpaired) electrons. The maximum Gasteiger partial charge on any atom is -0.00190 e. The SMILES string of the molecule is CCCCCCCCCCNCCCCCCCCN(CC)CC. The Bertz CT molecular complexity index is 214. The Morgan fingerprint density at radius 2 is 0.917 bits per heavy atom. The smallest absolute Gasteiger partial charge is 0.00190 e. The van der Waals surface area contributed by atoms with Gasteiger partial charge in [-0.3, -0.25) is 0 Å². The van der Waals surface area contributed by atoms with Crippen molar-refractivity contribution in [3.63, 3.8) is 0 Å². The summed E-state index contributed by atoms with van der Waals surface area (Å²) >= 11 is 0. The van der Waals surface area contributed by atoms with Gasteiger partial charge >= 0.3 is 0 Å². The van der Waals surface area contributed by atoms with Crippen LogP contribution in [0.25, 0.3) is 0 Å². The van der Waals surface area contributed by atoms with Crippen molar-refractivity contribution in [2.75, 3.05) is 32.7 Å². The molecule has 0 spiro atoms. The lowest BCUT2D eigenvalue weighted by atomic mass is 10.1. The molecule has 0 heterocycles. The number of nitrogens with one attached hydrogen (secondary N) is 1. The Labute approximate surface area is 154 Å². The van der Waals surface area contributed by atoms with Crippen LogP contribution in [-0.4, -0.2) is 37.6 Å². The molecule has 0 unspecified atom stereocenters. The van der Waals surface area contributed by atoms with E-state index < -0.39 is 0 Å². The highest BCUT2D eigenvalue weighted by atomic mass is 15.1. The molecule has 0 aromatic carbocycles. The van der Waals surface area contributed by atoms with Gasteiger partial charge in [-0.2, -0.15) is 0 Å². The second kappa shape index (κ2) is 21.0. The van der Waals surface area contributed by atoms with Gasteiger partial charge in [0.1, 0.15) is 0 Å². The molecule has 0 rings (SSSR count). The quantitative estimate of drug-likeness (QED) is 0.258.